The molecule has 0 saturated heterocycles. The van der Waals surface area contributed by atoms with Crippen LogP contribution in [0.1, 0.15) is 39.0 Å². The van der Waals surface area contributed by atoms with Crippen LogP contribution < -0.4 is 10.2 Å². The van der Waals surface area contributed by atoms with Gasteiger partial charge in [-0.05, 0) is 36.1 Å². The van der Waals surface area contributed by atoms with E-state index in [0.29, 0.717) is 17.2 Å². The van der Waals surface area contributed by atoms with E-state index in [1.54, 1.807) is 25.3 Å². The lowest BCUT2D eigenvalue weighted by Crippen LogP contribution is -2.26. The molecule has 1 amide bonds. The second-order valence-corrected chi connectivity index (χ2v) is 6.24. The van der Waals surface area contributed by atoms with Crippen molar-refractivity contribution in [2.24, 2.45) is 5.10 Å². The number of hydrogen-bond donors (Lipinski definition) is 1. The highest BCUT2D eigenvalue weighted by atomic mass is 16.5. The Bertz CT molecular complexity index is 683. The molecule has 0 aliphatic carbocycles. The summed E-state index contributed by atoms with van der Waals surface area (Å²) in [5, 5.41) is 3.99. The minimum Gasteiger partial charge on any atom is -0.483 e. The molecule has 0 aliphatic heterocycles. The molecule has 1 aromatic carbocycles. The van der Waals surface area contributed by atoms with E-state index in [9.17, 15) is 4.79 Å². The molecule has 2 rings (SSSR count). The molecule has 0 bridgehead atoms. The van der Waals surface area contributed by atoms with E-state index >= 15 is 0 Å². The lowest BCUT2D eigenvalue weighted by molar-refractivity contribution is -0.123. The van der Waals surface area contributed by atoms with Gasteiger partial charge < -0.3 is 9.15 Å². The van der Waals surface area contributed by atoms with Crippen molar-refractivity contribution in [3.05, 3.63) is 54.0 Å². The predicted molar refractivity (Wildman–Crippen MR) is 89.7 cm³/mol. The average Bonchev–Trinajstić information content (AvgIpc) is 3.04. The van der Waals surface area contributed by atoms with Crippen LogP contribution >= 0.6 is 0 Å². The number of amides is 1. The first kappa shape index (κ1) is 16.8. The first-order chi connectivity index (χ1) is 10.9. The van der Waals surface area contributed by atoms with E-state index < -0.39 is 0 Å². The number of nitrogens with one attached hydrogen (secondary N) is 1. The van der Waals surface area contributed by atoms with Gasteiger partial charge in [0, 0.05) is 0 Å². The maximum atomic E-state index is 11.9. The van der Waals surface area contributed by atoms with Crippen LogP contribution in [0.3, 0.4) is 0 Å². The molecule has 0 unspecified atom stereocenters. The molecule has 2 aromatic rings. The summed E-state index contributed by atoms with van der Waals surface area (Å²) in [6.45, 7) is 7.97. The molecule has 0 spiro atoms. The van der Waals surface area contributed by atoms with Gasteiger partial charge in [0.2, 0.25) is 0 Å². The third kappa shape index (κ3) is 4.71. The van der Waals surface area contributed by atoms with Crippen LogP contribution in [0.5, 0.6) is 5.75 Å². The van der Waals surface area contributed by atoms with E-state index in [1.165, 1.54) is 0 Å². The van der Waals surface area contributed by atoms with Gasteiger partial charge in [-0.2, -0.15) is 5.10 Å². The highest BCUT2D eigenvalue weighted by Gasteiger charge is 2.18. The van der Waals surface area contributed by atoms with Crippen LogP contribution in [0.4, 0.5) is 0 Å². The first-order valence-corrected chi connectivity index (χ1v) is 7.47. The van der Waals surface area contributed by atoms with Gasteiger partial charge >= 0.3 is 0 Å². The van der Waals surface area contributed by atoms with Crippen molar-refractivity contribution in [3.63, 3.8) is 0 Å². The zero-order valence-corrected chi connectivity index (χ0v) is 13.9. The maximum absolute atomic E-state index is 11.9. The molecule has 0 saturated carbocycles. The second kappa shape index (κ2) is 7.13. The van der Waals surface area contributed by atoms with E-state index in [4.69, 9.17) is 9.15 Å². The van der Waals surface area contributed by atoms with Crippen molar-refractivity contribution < 1.29 is 13.9 Å². The van der Waals surface area contributed by atoms with Crippen molar-refractivity contribution in [2.45, 2.75) is 33.1 Å². The second-order valence-electron chi connectivity index (χ2n) is 6.24. The topological polar surface area (TPSA) is 63.8 Å². The number of hydrogen-bond acceptors (Lipinski definition) is 4. The van der Waals surface area contributed by atoms with Gasteiger partial charge in [-0.25, -0.2) is 5.43 Å². The maximum Gasteiger partial charge on any atom is 0.277 e. The monoisotopic (exact) mass is 314 g/mol. The molecule has 0 atom stereocenters. The lowest BCUT2D eigenvalue weighted by Gasteiger charge is -2.22. The van der Waals surface area contributed by atoms with Crippen molar-refractivity contribution in [3.8, 4) is 5.75 Å². The number of benzene rings is 1. The van der Waals surface area contributed by atoms with E-state index in [2.05, 4.69) is 31.3 Å². The van der Waals surface area contributed by atoms with Gasteiger partial charge in [0.25, 0.3) is 5.91 Å². The molecule has 1 heterocycles. The zero-order valence-electron chi connectivity index (χ0n) is 13.9. The van der Waals surface area contributed by atoms with Crippen LogP contribution in [-0.2, 0) is 10.2 Å². The number of rotatable bonds is 5. The molecule has 122 valence electrons. The Hall–Kier alpha value is -2.56. The molecule has 23 heavy (non-hydrogen) atoms. The Labute approximate surface area is 136 Å². The fraction of sp³-hybridized carbons (Fsp3) is 0.333. The molecule has 0 fully saturated rings. The Balaban J connectivity index is 1.94. The molecule has 1 aromatic heterocycles. The number of para-hydroxylation sites is 1. The Kier molecular flexibility index (Phi) is 5.21. The number of nitrogens with zero attached hydrogens (tertiary/aromatic N) is 1. The highest BCUT2D eigenvalue weighted by Crippen LogP contribution is 2.30. The third-order valence-electron chi connectivity index (χ3n) is 3.28. The predicted octanol–water partition coefficient (Wildman–Crippen LogP) is 3.50. The standard InChI is InChI=1S/C18H22N2O3/c1-13(15-10-7-11-22-15)19-20-17(21)12-23-16-9-6-5-8-14(16)18(2,3)4/h5-11H,12H2,1-4H3,(H,20,21). The summed E-state index contributed by atoms with van der Waals surface area (Å²) in [5.74, 6) is 1.01. The summed E-state index contributed by atoms with van der Waals surface area (Å²) in [7, 11) is 0. The summed E-state index contributed by atoms with van der Waals surface area (Å²) in [5.41, 5.74) is 4.06. The van der Waals surface area contributed by atoms with Gasteiger partial charge in [0.15, 0.2) is 6.61 Å². The molecular weight excluding hydrogens is 292 g/mol. The van der Waals surface area contributed by atoms with Crippen LogP contribution in [0.2, 0.25) is 0 Å². The summed E-state index contributed by atoms with van der Waals surface area (Å²) in [6.07, 6.45) is 1.56. The van der Waals surface area contributed by atoms with E-state index in [0.717, 1.165) is 5.56 Å². The molecule has 0 radical (unpaired) electrons. The number of hydrazone groups is 1. The van der Waals surface area contributed by atoms with Gasteiger partial charge in [0.1, 0.15) is 17.2 Å². The normalized spacial score (nSPS) is 12.1. The molecule has 5 nitrogen and oxygen atoms in total. The number of furan rings is 1. The van der Waals surface area contributed by atoms with Crippen molar-refractivity contribution in [1.82, 2.24) is 5.43 Å². The SMILES string of the molecule is CC(=NNC(=O)COc1ccccc1C(C)(C)C)c1ccco1. The summed E-state index contributed by atoms with van der Waals surface area (Å²) < 4.78 is 10.8. The smallest absolute Gasteiger partial charge is 0.277 e. The van der Waals surface area contributed by atoms with Crippen LogP contribution in [0.15, 0.2) is 52.2 Å². The quantitative estimate of drug-likeness (QED) is 0.678. The summed E-state index contributed by atoms with van der Waals surface area (Å²) >= 11 is 0. The molecule has 1 N–H and O–H groups in total. The van der Waals surface area contributed by atoms with Gasteiger partial charge in [-0.3, -0.25) is 4.79 Å². The van der Waals surface area contributed by atoms with Gasteiger partial charge in [-0.15, -0.1) is 0 Å². The largest absolute Gasteiger partial charge is 0.483 e. The summed E-state index contributed by atoms with van der Waals surface area (Å²) in [4.78, 5) is 11.9. The van der Waals surface area contributed by atoms with E-state index in [-0.39, 0.29) is 17.9 Å². The number of carbonyl (C=O) groups is 1. The highest BCUT2D eigenvalue weighted by molar-refractivity contribution is 5.96. The van der Waals surface area contributed by atoms with Gasteiger partial charge in [0.05, 0.1) is 6.26 Å². The number of ether oxygens (including phenoxy) is 1. The van der Waals surface area contributed by atoms with Crippen LogP contribution in [0.25, 0.3) is 0 Å². The summed E-state index contributed by atoms with van der Waals surface area (Å²) in [6, 6.07) is 11.3. The minimum absolute atomic E-state index is 0.0545. The lowest BCUT2D eigenvalue weighted by atomic mass is 9.86. The minimum atomic E-state index is -0.320. The first-order valence-electron chi connectivity index (χ1n) is 7.47. The van der Waals surface area contributed by atoms with Crippen LogP contribution in [-0.4, -0.2) is 18.2 Å². The van der Waals surface area contributed by atoms with Crippen molar-refractivity contribution in [2.75, 3.05) is 6.61 Å². The number of carbonyl (C=O) groups excluding carboxylic acids is 1. The third-order valence-corrected chi connectivity index (χ3v) is 3.28. The Morgan fingerprint density at radius 1 is 1.22 bits per heavy atom. The fourth-order valence-corrected chi connectivity index (χ4v) is 2.07. The van der Waals surface area contributed by atoms with E-state index in [1.807, 2.05) is 24.3 Å². The molecule has 5 heteroatoms. The fourth-order valence-electron chi connectivity index (χ4n) is 2.07. The van der Waals surface area contributed by atoms with Crippen LogP contribution in [0, 0.1) is 0 Å². The van der Waals surface area contributed by atoms with Crippen molar-refractivity contribution >= 4 is 11.6 Å². The Morgan fingerprint density at radius 2 is 1.96 bits per heavy atom. The zero-order chi connectivity index (χ0) is 16.9. The van der Waals surface area contributed by atoms with Crippen molar-refractivity contribution in [1.29, 1.82) is 0 Å². The molecular formula is C18H22N2O3. The Morgan fingerprint density at radius 3 is 2.61 bits per heavy atom. The molecule has 0 aliphatic rings. The van der Waals surface area contributed by atoms with Gasteiger partial charge in [-0.1, -0.05) is 39.0 Å². The average molecular weight is 314 g/mol.